The van der Waals surface area contributed by atoms with Gasteiger partial charge in [-0.25, -0.2) is 0 Å². The van der Waals surface area contributed by atoms with Crippen LogP contribution < -0.4 is 14.8 Å². The minimum atomic E-state index is 0.349. The van der Waals surface area contributed by atoms with Gasteiger partial charge in [-0.3, -0.25) is 0 Å². The van der Waals surface area contributed by atoms with E-state index in [2.05, 4.69) is 30.4 Å². The molecule has 3 heteroatoms. The van der Waals surface area contributed by atoms with Crippen LogP contribution in [0.15, 0.2) is 36.4 Å². The van der Waals surface area contributed by atoms with Gasteiger partial charge in [0, 0.05) is 6.07 Å². The first-order valence-electron chi connectivity index (χ1n) is 7.29. The van der Waals surface area contributed by atoms with Crippen LogP contribution in [-0.4, -0.2) is 14.2 Å². The summed E-state index contributed by atoms with van der Waals surface area (Å²) in [6.45, 7) is 2.14. The zero-order valence-corrected chi connectivity index (χ0v) is 12.8. The Morgan fingerprint density at radius 1 is 1.05 bits per heavy atom. The molecular formula is C18H21NO2. The highest BCUT2D eigenvalue weighted by atomic mass is 16.5. The predicted molar refractivity (Wildman–Crippen MR) is 85.4 cm³/mol. The topological polar surface area (TPSA) is 30.5 Å². The quantitative estimate of drug-likeness (QED) is 0.916. The number of aryl methyl sites for hydroxylation is 2. The van der Waals surface area contributed by atoms with Crippen molar-refractivity contribution >= 4 is 5.69 Å². The Hall–Kier alpha value is -2.16. The lowest BCUT2D eigenvalue weighted by molar-refractivity contribution is 0.395. The molecule has 1 N–H and O–H groups in total. The maximum Gasteiger partial charge on any atom is 0.145 e. The summed E-state index contributed by atoms with van der Waals surface area (Å²) in [6.07, 6.45) is 2.25. The first kappa shape index (κ1) is 13.8. The Bertz CT molecular complexity index is 652. The van der Waals surface area contributed by atoms with Gasteiger partial charge in [0.1, 0.15) is 11.5 Å². The third-order valence-electron chi connectivity index (χ3n) is 4.12. The molecule has 21 heavy (non-hydrogen) atoms. The molecule has 0 heterocycles. The van der Waals surface area contributed by atoms with Crippen molar-refractivity contribution in [2.45, 2.75) is 25.8 Å². The van der Waals surface area contributed by atoms with E-state index in [1.807, 2.05) is 18.2 Å². The SMILES string of the molecule is COc1ccc(NC2CCc3ccc(C)cc32)c(OC)c1. The summed E-state index contributed by atoms with van der Waals surface area (Å²) >= 11 is 0. The second kappa shape index (κ2) is 5.68. The second-order valence-corrected chi connectivity index (χ2v) is 5.50. The Morgan fingerprint density at radius 3 is 2.67 bits per heavy atom. The molecule has 0 saturated heterocycles. The van der Waals surface area contributed by atoms with Crippen molar-refractivity contribution in [1.82, 2.24) is 0 Å². The maximum absolute atomic E-state index is 5.47. The van der Waals surface area contributed by atoms with Crippen molar-refractivity contribution in [3.8, 4) is 11.5 Å². The third-order valence-corrected chi connectivity index (χ3v) is 4.12. The summed E-state index contributed by atoms with van der Waals surface area (Å²) in [7, 11) is 3.35. The van der Waals surface area contributed by atoms with Crippen LogP contribution in [0.3, 0.4) is 0 Å². The fourth-order valence-corrected chi connectivity index (χ4v) is 2.98. The first-order chi connectivity index (χ1) is 10.2. The number of ether oxygens (including phenoxy) is 2. The fraction of sp³-hybridized carbons (Fsp3) is 0.333. The molecule has 0 amide bonds. The van der Waals surface area contributed by atoms with Crippen LogP contribution in [0.2, 0.25) is 0 Å². The van der Waals surface area contributed by atoms with Gasteiger partial charge in [0.25, 0.3) is 0 Å². The highest BCUT2D eigenvalue weighted by Crippen LogP contribution is 2.37. The molecule has 3 rings (SSSR count). The van der Waals surface area contributed by atoms with Crippen LogP contribution in [0, 0.1) is 6.92 Å². The summed E-state index contributed by atoms with van der Waals surface area (Å²) in [6, 6.07) is 13.0. The van der Waals surface area contributed by atoms with Gasteiger partial charge in [-0.2, -0.15) is 0 Å². The standard InChI is InChI=1S/C18H21NO2/c1-12-4-5-13-6-8-16(15(13)10-12)19-17-9-7-14(20-2)11-18(17)21-3/h4-5,7,9-11,16,19H,6,8H2,1-3H3. The third kappa shape index (κ3) is 2.68. The summed E-state index contributed by atoms with van der Waals surface area (Å²) in [4.78, 5) is 0. The normalized spacial score (nSPS) is 16.4. The van der Waals surface area contributed by atoms with E-state index < -0.39 is 0 Å². The number of hydrogen-bond acceptors (Lipinski definition) is 3. The molecule has 1 unspecified atom stereocenters. The van der Waals surface area contributed by atoms with E-state index in [-0.39, 0.29) is 0 Å². The van der Waals surface area contributed by atoms with Crippen molar-refractivity contribution in [2.75, 3.05) is 19.5 Å². The molecule has 0 spiro atoms. The molecule has 0 fully saturated rings. The molecule has 0 aromatic heterocycles. The average Bonchev–Trinajstić information content (AvgIpc) is 2.90. The van der Waals surface area contributed by atoms with E-state index in [9.17, 15) is 0 Å². The van der Waals surface area contributed by atoms with Crippen LogP contribution in [0.4, 0.5) is 5.69 Å². The summed E-state index contributed by atoms with van der Waals surface area (Å²) in [5.74, 6) is 1.62. The van der Waals surface area contributed by atoms with Gasteiger partial charge in [-0.15, -0.1) is 0 Å². The predicted octanol–water partition coefficient (Wildman–Crippen LogP) is 4.11. The Morgan fingerprint density at radius 2 is 1.90 bits per heavy atom. The van der Waals surface area contributed by atoms with E-state index in [1.165, 1.54) is 16.7 Å². The number of benzene rings is 2. The average molecular weight is 283 g/mol. The minimum Gasteiger partial charge on any atom is -0.497 e. The van der Waals surface area contributed by atoms with Crippen LogP contribution >= 0.6 is 0 Å². The van der Waals surface area contributed by atoms with Gasteiger partial charge < -0.3 is 14.8 Å². The van der Waals surface area contributed by atoms with Gasteiger partial charge in [0.2, 0.25) is 0 Å². The highest BCUT2D eigenvalue weighted by Gasteiger charge is 2.23. The van der Waals surface area contributed by atoms with Crippen LogP contribution in [0.1, 0.15) is 29.2 Å². The van der Waals surface area contributed by atoms with Gasteiger partial charge in [-0.1, -0.05) is 23.8 Å². The Labute approximate surface area is 125 Å². The molecule has 2 aromatic carbocycles. The molecule has 110 valence electrons. The highest BCUT2D eigenvalue weighted by molar-refractivity contribution is 5.61. The molecule has 3 nitrogen and oxygen atoms in total. The monoisotopic (exact) mass is 283 g/mol. The van der Waals surface area contributed by atoms with Crippen molar-refractivity contribution in [1.29, 1.82) is 0 Å². The summed E-state index contributed by atoms with van der Waals surface area (Å²) in [5.41, 5.74) is 5.18. The number of fused-ring (bicyclic) bond motifs is 1. The zero-order valence-electron chi connectivity index (χ0n) is 12.8. The number of methoxy groups -OCH3 is 2. The minimum absolute atomic E-state index is 0.349. The van der Waals surface area contributed by atoms with Gasteiger partial charge in [0.15, 0.2) is 0 Å². The van der Waals surface area contributed by atoms with E-state index in [1.54, 1.807) is 14.2 Å². The van der Waals surface area contributed by atoms with Crippen LogP contribution in [0.25, 0.3) is 0 Å². The molecule has 0 bridgehead atoms. The van der Waals surface area contributed by atoms with Gasteiger partial charge >= 0.3 is 0 Å². The second-order valence-electron chi connectivity index (χ2n) is 5.50. The molecule has 0 saturated carbocycles. The summed E-state index contributed by atoms with van der Waals surface area (Å²) in [5, 5.41) is 3.61. The van der Waals surface area contributed by atoms with Crippen molar-refractivity contribution < 1.29 is 9.47 Å². The van der Waals surface area contributed by atoms with Crippen LogP contribution in [-0.2, 0) is 6.42 Å². The molecule has 2 aromatic rings. The molecule has 0 aliphatic heterocycles. The molecular weight excluding hydrogens is 262 g/mol. The largest absolute Gasteiger partial charge is 0.497 e. The lowest BCUT2D eigenvalue weighted by atomic mass is 10.0. The molecule has 1 aliphatic rings. The zero-order chi connectivity index (χ0) is 14.8. The van der Waals surface area contributed by atoms with Crippen molar-refractivity contribution in [3.63, 3.8) is 0 Å². The maximum atomic E-state index is 5.47. The Kier molecular flexibility index (Phi) is 3.74. The fourth-order valence-electron chi connectivity index (χ4n) is 2.98. The van der Waals surface area contributed by atoms with E-state index in [4.69, 9.17) is 9.47 Å². The van der Waals surface area contributed by atoms with Crippen LogP contribution in [0.5, 0.6) is 11.5 Å². The lowest BCUT2D eigenvalue weighted by Gasteiger charge is -2.18. The lowest BCUT2D eigenvalue weighted by Crippen LogP contribution is -2.08. The molecule has 1 aliphatic carbocycles. The summed E-state index contributed by atoms with van der Waals surface area (Å²) < 4.78 is 10.7. The van der Waals surface area contributed by atoms with E-state index in [0.29, 0.717) is 6.04 Å². The van der Waals surface area contributed by atoms with Crippen molar-refractivity contribution in [2.24, 2.45) is 0 Å². The first-order valence-corrected chi connectivity index (χ1v) is 7.29. The molecule has 1 atom stereocenters. The number of hydrogen-bond donors (Lipinski definition) is 1. The Balaban J connectivity index is 1.87. The molecule has 0 radical (unpaired) electrons. The number of rotatable bonds is 4. The smallest absolute Gasteiger partial charge is 0.145 e. The van der Waals surface area contributed by atoms with Gasteiger partial charge in [-0.05, 0) is 43.0 Å². The number of anilines is 1. The van der Waals surface area contributed by atoms with Crippen molar-refractivity contribution in [3.05, 3.63) is 53.1 Å². The number of nitrogens with one attached hydrogen (secondary N) is 1. The van der Waals surface area contributed by atoms with E-state index >= 15 is 0 Å². The van der Waals surface area contributed by atoms with Gasteiger partial charge in [0.05, 0.1) is 25.9 Å². The van der Waals surface area contributed by atoms with E-state index in [0.717, 1.165) is 30.0 Å².